The lowest BCUT2D eigenvalue weighted by Crippen LogP contribution is -2.44. The van der Waals surface area contributed by atoms with Crippen LogP contribution in [0.3, 0.4) is 0 Å². The van der Waals surface area contributed by atoms with Crippen LogP contribution < -0.4 is 5.56 Å². The van der Waals surface area contributed by atoms with E-state index in [0.29, 0.717) is 42.1 Å². The molecule has 0 bridgehead atoms. The van der Waals surface area contributed by atoms with E-state index in [-0.39, 0.29) is 24.3 Å². The Bertz CT molecular complexity index is 1390. The van der Waals surface area contributed by atoms with Crippen LogP contribution in [0.5, 0.6) is 5.75 Å². The maximum absolute atomic E-state index is 13.4. The monoisotopic (exact) mass is 419 g/mol. The third kappa shape index (κ3) is 2.23. The number of aromatic nitrogens is 2. The molecule has 0 saturated heterocycles. The summed E-state index contributed by atoms with van der Waals surface area (Å²) in [5.41, 5.74) is 3.41. The Kier molecular flexibility index (Phi) is 3.54. The van der Waals surface area contributed by atoms with Crippen molar-refractivity contribution in [3.8, 4) is 17.1 Å². The maximum Gasteiger partial charge on any atom is 0.343 e. The van der Waals surface area contributed by atoms with Gasteiger partial charge in [-0.05, 0) is 37.2 Å². The Hall–Kier alpha value is -3.23. The van der Waals surface area contributed by atoms with Gasteiger partial charge in [-0.25, -0.2) is 9.78 Å². The van der Waals surface area contributed by atoms with Gasteiger partial charge in [0.15, 0.2) is 5.60 Å². The van der Waals surface area contributed by atoms with Crippen LogP contribution in [0.15, 0.2) is 23.0 Å². The number of esters is 1. The molecule has 158 valence electrons. The third-order valence-corrected chi connectivity index (χ3v) is 6.91. The highest BCUT2D eigenvalue weighted by atomic mass is 16.6. The zero-order valence-corrected chi connectivity index (χ0v) is 17.2. The maximum atomic E-state index is 13.4. The number of nitrogens with zero attached hydrogens (tertiary/aromatic N) is 3. The number of pyridine rings is 2. The molecular formula is C23H21N3O5. The van der Waals surface area contributed by atoms with E-state index in [1.165, 1.54) is 0 Å². The van der Waals surface area contributed by atoms with E-state index in [1.54, 1.807) is 29.7 Å². The topological polar surface area (TPSA) is 105 Å². The van der Waals surface area contributed by atoms with E-state index in [9.17, 15) is 19.8 Å². The van der Waals surface area contributed by atoms with E-state index < -0.39 is 11.6 Å². The molecule has 31 heavy (non-hydrogen) atoms. The second-order valence-corrected chi connectivity index (χ2v) is 8.65. The summed E-state index contributed by atoms with van der Waals surface area (Å²) >= 11 is 0. The van der Waals surface area contributed by atoms with Crippen molar-refractivity contribution in [3.05, 3.63) is 56.4 Å². The molecule has 2 N–H and O–H groups in total. The number of phenols is 1. The summed E-state index contributed by atoms with van der Waals surface area (Å²) in [6, 6.07) is 5.18. The summed E-state index contributed by atoms with van der Waals surface area (Å²) in [4.78, 5) is 32.7. The molecule has 8 heteroatoms. The Morgan fingerprint density at radius 1 is 1.13 bits per heavy atom. The lowest BCUT2D eigenvalue weighted by molar-refractivity contribution is -0.172. The van der Waals surface area contributed by atoms with Crippen molar-refractivity contribution in [2.45, 2.75) is 45.2 Å². The number of cyclic esters (lactones) is 1. The summed E-state index contributed by atoms with van der Waals surface area (Å²) in [5, 5.41) is 22.4. The Morgan fingerprint density at radius 2 is 1.90 bits per heavy atom. The van der Waals surface area contributed by atoms with Crippen molar-refractivity contribution < 1.29 is 19.7 Å². The van der Waals surface area contributed by atoms with E-state index in [4.69, 9.17) is 9.72 Å². The molecule has 0 amide bonds. The average molecular weight is 419 g/mol. The zero-order valence-electron chi connectivity index (χ0n) is 17.2. The van der Waals surface area contributed by atoms with Crippen LogP contribution in [-0.4, -0.2) is 37.7 Å². The number of ether oxygens (including phenoxy) is 1. The van der Waals surface area contributed by atoms with Crippen LogP contribution >= 0.6 is 0 Å². The zero-order chi connectivity index (χ0) is 21.7. The minimum Gasteiger partial charge on any atom is -0.508 e. The van der Waals surface area contributed by atoms with Gasteiger partial charge in [0.2, 0.25) is 0 Å². The van der Waals surface area contributed by atoms with E-state index in [2.05, 4.69) is 4.90 Å². The number of aromatic hydroxyl groups is 1. The first kappa shape index (κ1) is 18.5. The van der Waals surface area contributed by atoms with Crippen LogP contribution in [0.2, 0.25) is 0 Å². The van der Waals surface area contributed by atoms with Crippen LogP contribution in [0.1, 0.15) is 41.2 Å². The van der Waals surface area contributed by atoms with Crippen molar-refractivity contribution in [2.24, 2.45) is 0 Å². The van der Waals surface area contributed by atoms with Gasteiger partial charge in [-0.15, -0.1) is 0 Å². The summed E-state index contributed by atoms with van der Waals surface area (Å²) in [5.74, 6) is -0.484. The molecule has 2 aromatic heterocycles. The molecule has 3 aliphatic heterocycles. The molecule has 0 fully saturated rings. The van der Waals surface area contributed by atoms with Gasteiger partial charge in [-0.2, -0.15) is 0 Å². The van der Waals surface area contributed by atoms with Crippen molar-refractivity contribution in [2.75, 3.05) is 7.05 Å². The lowest BCUT2D eigenvalue weighted by atomic mass is 9.86. The van der Waals surface area contributed by atoms with Crippen LogP contribution in [0, 0.1) is 0 Å². The number of hydrogen-bond donors (Lipinski definition) is 2. The molecule has 6 rings (SSSR count). The highest BCUT2D eigenvalue weighted by Crippen LogP contribution is 2.43. The molecule has 0 spiro atoms. The van der Waals surface area contributed by atoms with Gasteiger partial charge in [-0.3, -0.25) is 9.69 Å². The largest absolute Gasteiger partial charge is 0.508 e. The van der Waals surface area contributed by atoms with Crippen molar-refractivity contribution >= 4 is 16.9 Å². The first-order valence-corrected chi connectivity index (χ1v) is 10.4. The predicted octanol–water partition coefficient (Wildman–Crippen LogP) is 1.73. The molecule has 0 aliphatic carbocycles. The van der Waals surface area contributed by atoms with E-state index in [1.807, 2.05) is 7.05 Å². The van der Waals surface area contributed by atoms with Gasteiger partial charge in [0.05, 0.1) is 29.0 Å². The summed E-state index contributed by atoms with van der Waals surface area (Å²) in [6.45, 7) is 3.21. The summed E-state index contributed by atoms with van der Waals surface area (Å²) in [7, 11) is 1.99. The minimum atomic E-state index is -1.84. The van der Waals surface area contributed by atoms with E-state index >= 15 is 0 Å². The van der Waals surface area contributed by atoms with Crippen LogP contribution in [-0.2, 0) is 41.4 Å². The highest BCUT2D eigenvalue weighted by molar-refractivity contribution is 5.93. The standard InChI is InChI=1S/C23H21N3O5/c1-3-23(30)15-6-17-20-12(9-26(17)21(28)14(15)10-31-22(23)29)11-7-25(2)8-13-18(27)5-4-16(24-20)19(11)13/h4-6,27,30H,3,7-10H2,1-2H3/t23-/m0/s1. The molecule has 8 nitrogen and oxygen atoms in total. The minimum absolute atomic E-state index is 0.110. The summed E-state index contributed by atoms with van der Waals surface area (Å²) in [6.07, 6.45) is 0.110. The second-order valence-electron chi connectivity index (χ2n) is 8.65. The number of rotatable bonds is 1. The lowest BCUT2D eigenvalue weighted by Gasteiger charge is -2.31. The number of carbonyl (C=O) groups excluding carboxylic acids is 1. The third-order valence-electron chi connectivity index (χ3n) is 6.91. The van der Waals surface area contributed by atoms with Gasteiger partial charge in [0, 0.05) is 35.2 Å². The smallest absolute Gasteiger partial charge is 0.343 e. The SMILES string of the molecule is CC[C@@]1(O)C(=O)OCc2c1cc1n(c2=O)Cc2c-1nc1ccc(O)c3c1c2CN(C)C3. The predicted molar refractivity (Wildman–Crippen MR) is 111 cm³/mol. The first-order valence-electron chi connectivity index (χ1n) is 10.4. The molecule has 5 heterocycles. The number of benzene rings is 1. The van der Waals surface area contributed by atoms with Gasteiger partial charge < -0.3 is 19.5 Å². The molecule has 1 aromatic carbocycles. The van der Waals surface area contributed by atoms with Crippen LogP contribution in [0.4, 0.5) is 0 Å². The molecule has 3 aromatic rings. The van der Waals surface area contributed by atoms with Gasteiger partial charge in [-0.1, -0.05) is 6.92 Å². The number of carbonyl (C=O) groups is 1. The van der Waals surface area contributed by atoms with Crippen molar-refractivity contribution in [1.82, 2.24) is 14.5 Å². The normalized spacial score (nSPS) is 21.6. The van der Waals surface area contributed by atoms with Gasteiger partial charge in [0.1, 0.15) is 12.4 Å². The fourth-order valence-corrected chi connectivity index (χ4v) is 5.26. The average Bonchev–Trinajstić information content (AvgIpc) is 3.13. The Labute approximate surface area is 177 Å². The second kappa shape index (κ2) is 5.93. The fourth-order valence-electron chi connectivity index (χ4n) is 5.26. The van der Waals surface area contributed by atoms with Crippen LogP contribution in [0.25, 0.3) is 22.3 Å². The molecule has 0 saturated carbocycles. The summed E-state index contributed by atoms with van der Waals surface area (Å²) < 4.78 is 6.78. The van der Waals surface area contributed by atoms with Gasteiger partial charge >= 0.3 is 5.97 Å². The number of phenolic OH excluding ortho intramolecular Hbond substituents is 1. The molecule has 3 aliphatic rings. The Morgan fingerprint density at radius 3 is 2.68 bits per heavy atom. The molecule has 1 atom stereocenters. The first-order chi connectivity index (χ1) is 14.8. The number of fused-ring (bicyclic) bond motifs is 5. The number of hydrogen-bond acceptors (Lipinski definition) is 7. The quantitative estimate of drug-likeness (QED) is 0.453. The highest BCUT2D eigenvalue weighted by Gasteiger charge is 2.45. The molecular weight excluding hydrogens is 398 g/mol. The van der Waals surface area contributed by atoms with Gasteiger partial charge in [0.25, 0.3) is 5.56 Å². The van der Waals surface area contributed by atoms with E-state index in [0.717, 1.165) is 27.6 Å². The van der Waals surface area contributed by atoms with Crippen molar-refractivity contribution in [3.63, 3.8) is 0 Å². The fraction of sp³-hybridized carbons (Fsp3) is 0.348. The number of aliphatic hydroxyl groups is 1. The molecule has 0 unspecified atom stereocenters. The van der Waals surface area contributed by atoms with Crippen molar-refractivity contribution in [1.29, 1.82) is 0 Å². The Balaban J connectivity index is 1.67. The molecule has 0 radical (unpaired) electrons.